The lowest BCUT2D eigenvalue weighted by Gasteiger charge is -2.24. The van der Waals surface area contributed by atoms with Crippen LogP contribution in [0.15, 0.2) is 60.7 Å². The van der Waals surface area contributed by atoms with Crippen molar-refractivity contribution in [1.29, 1.82) is 0 Å². The van der Waals surface area contributed by atoms with Gasteiger partial charge in [0, 0.05) is 18.7 Å². The van der Waals surface area contributed by atoms with E-state index in [4.69, 9.17) is 4.74 Å². The van der Waals surface area contributed by atoms with Crippen LogP contribution in [0.4, 0.5) is 5.69 Å². The molecule has 2 N–H and O–H groups in total. The van der Waals surface area contributed by atoms with Crippen LogP contribution in [0.1, 0.15) is 23.5 Å². The minimum Gasteiger partial charge on any atom is -0.497 e. The number of hydrogen-bond donors (Lipinski definition) is 2. The van der Waals surface area contributed by atoms with E-state index in [1.807, 2.05) is 54.6 Å². The van der Waals surface area contributed by atoms with Gasteiger partial charge in [0.25, 0.3) is 0 Å². The van der Waals surface area contributed by atoms with E-state index in [0.717, 1.165) is 27.6 Å². The lowest BCUT2D eigenvalue weighted by molar-refractivity contribution is -0.126. The summed E-state index contributed by atoms with van der Waals surface area (Å²) in [6.07, 6.45) is 0.167. The molecule has 0 saturated carbocycles. The zero-order chi connectivity index (χ0) is 18.8. The fraction of sp³-hybridized carbons (Fsp3) is 0.182. The number of ether oxygens (including phenoxy) is 1. The highest BCUT2D eigenvalue weighted by Gasteiger charge is 2.30. The van der Waals surface area contributed by atoms with Crippen molar-refractivity contribution in [2.75, 3.05) is 12.4 Å². The first-order valence-electron chi connectivity index (χ1n) is 8.87. The minimum atomic E-state index is -0.459. The van der Waals surface area contributed by atoms with Gasteiger partial charge in [-0.05, 0) is 46.2 Å². The number of nitrogens with one attached hydrogen (secondary N) is 2. The number of methoxy groups -OCH3 is 1. The smallest absolute Gasteiger partial charge is 0.228 e. The van der Waals surface area contributed by atoms with Gasteiger partial charge in [-0.25, -0.2) is 0 Å². The summed E-state index contributed by atoms with van der Waals surface area (Å²) in [5.41, 5.74) is 2.59. The van der Waals surface area contributed by atoms with Crippen LogP contribution in [0.3, 0.4) is 0 Å². The number of carbonyl (C=O) groups excluding carboxylic acids is 2. The second-order valence-electron chi connectivity index (χ2n) is 6.66. The predicted octanol–water partition coefficient (Wildman–Crippen LogP) is 3.59. The van der Waals surface area contributed by atoms with Crippen LogP contribution in [-0.4, -0.2) is 18.9 Å². The van der Waals surface area contributed by atoms with Gasteiger partial charge in [0.05, 0.1) is 13.0 Å². The van der Waals surface area contributed by atoms with Crippen molar-refractivity contribution in [2.45, 2.75) is 18.9 Å². The van der Waals surface area contributed by atoms with Crippen LogP contribution >= 0.6 is 0 Å². The van der Waals surface area contributed by atoms with Gasteiger partial charge in [-0.2, -0.15) is 0 Å². The van der Waals surface area contributed by atoms with E-state index in [-0.39, 0.29) is 18.2 Å². The van der Waals surface area contributed by atoms with Crippen molar-refractivity contribution in [2.24, 2.45) is 0 Å². The topological polar surface area (TPSA) is 67.4 Å². The van der Waals surface area contributed by atoms with Crippen LogP contribution < -0.4 is 15.4 Å². The Morgan fingerprint density at radius 3 is 2.74 bits per heavy atom. The molecule has 1 heterocycles. The quantitative estimate of drug-likeness (QED) is 0.747. The van der Waals surface area contributed by atoms with Crippen LogP contribution in [-0.2, 0) is 16.1 Å². The number of anilines is 1. The predicted molar refractivity (Wildman–Crippen MR) is 105 cm³/mol. The van der Waals surface area contributed by atoms with Crippen molar-refractivity contribution >= 4 is 28.3 Å². The fourth-order valence-corrected chi connectivity index (χ4v) is 3.47. The van der Waals surface area contributed by atoms with Crippen LogP contribution in [0.25, 0.3) is 10.8 Å². The molecule has 0 aromatic heterocycles. The minimum absolute atomic E-state index is 0.131. The summed E-state index contributed by atoms with van der Waals surface area (Å²) in [6, 6.07) is 19.4. The van der Waals surface area contributed by atoms with Gasteiger partial charge in [-0.15, -0.1) is 0 Å². The van der Waals surface area contributed by atoms with Crippen molar-refractivity contribution in [3.05, 3.63) is 71.8 Å². The lowest BCUT2D eigenvalue weighted by atomic mass is 9.90. The zero-order valence-corrected chi connectivity index (χ0v) is 15.0. The molecule has 0 bridgehead atoms. The maximum atomic E-state index is 12.7. The fourth-order valence-electron chi connectivity index (χ4n) is 3.47. The Kier molecular flexibility index (Phi) is 4.50. The maximum Gasteiger partial charge on any atom is 0.228 e. The molecular weight excluding hydrogens is 340 g/mol. The van der Waals surface area contributed by atoms with E-state index >= 15 is 0 Å². The number of para-hydroxylation sites is 1. The van der Waals surface area contributed by atoms with Gasteiger partial charge in [-0.1, -0.05) is 36.4 Å². The second kappa shape index (κ2) is 7.11. The standard InChI is InChI=1S/C22H20N2O3/c1-27-17-9-8-15-10-14(6-7-16(15)11-17)13-23-22(26)19-12-21(25)24-20-5-3-2-4-18(19)20/h2-11,19H,12-13H2,1H3,(H,23,26)(H,24,25). The highest BCUT2D eigenvalue weighted by atomic mass is 16.5. The van der Waals surface area contributed by atoms with E-state index in [1.54, 1.807) is 7.11 Å². The van der Waals surface area contributed by atoms with E-state index in [0.29, 0.717) is 12.2 Å². The number of benzene rings is 3. The molecular formula is C22H20N2O3. The Labute approximate surface area is 157 Å². The second-order valence-corrected chi connectivity index (χ2v) is 6.66. The Morgan fingerprint density at radius 2 is 1.89 bits per heavy atom. The van der Waals surface area contributed by atoms with Crippen molar-refractivity contribution in [1.82, 2.24) is 5.32 Å². The molecule has 3 aromatic carbocycles. The number of rotatable bonds is 4. The average molecular weight is 360 g/mol. The van der Waals surface area contributed by atoms with Crippen LogP contribution in [0.2, 0.25) is 0 Å². The Balaban J connectivity index is 1.49. The van der Waals surface area contributed by atoms with Crippen molar-refractivity contribution in [3.63, 3.8) is 0 Å². The van der Waals surface area contributed by atoms with Crippen molar-refractivity contribution < 1.29 is 14.3 Å². The van der Waals surface area contributed by atoms with Gasteiger partial charge in [0.1, 0.15) is 5.75 Å². The van der Waals surface area contributed by atoms with Gasteiger partial charge in [0.15, 0.2) is 0 Å². The summed E-state index contributed by atoms with van der Waals surface area (Å²) >= 11 is 0. The molecule has 0 aliphatic carbocycles. The summed E-state index contributed by atoms with van der Waals surface area (Å²) in [4.78, 5) is 24.6. The Morgan fingerprint density at radius 1 is 1.11 bits per heavy atom. The molecule has 0 spiro atoms. The van der Waals surface area contributed by atoms with Crippen molar-refractivity contribution in [3.8, 4) is 5.75 Å². The third kappa shape index (κ3) is 3.49. The van der Waals surface area contributed by atoms with Gasteiger partial charge >= 0.3 is 0 Å². The first kappa shape index (κ1) is 17.1. The molecule has 27 heavy (non-hydrogen) atoms. The zero-order valence-electron chi connectivity index (χ0n) is 15.0. The first-order chi connectivity index (χ1) is 13.1. The highest BCUT2D eigenvalue weighted by Crippen LogP contribution is 2.32. The molecule has 136 valence electrons. The molecule has 2 amide bonds. The molecule has 3 aromatic rings. The molecule has 5 heteroatoms. The molecule has 1 aliphatic rings. The number of amides is 2. The monoisotopic (exact) mass is 360 g/mol. The number of fused-ring (bicyclic) bond motifs is 2. The summed E-state index contributed by atoms with van der Waals surface area (Å²) in [7, 11) is 1.65. The molecule has 5 nitrogen and oxygen atoms in total. The first-order valence-corrected chi connectivity index (χ1v) is 8.87. The normalized spacial score (nSPS) is 15.7. The molecule has 1 unspecified atom stereocenters. The summed E-state index contributed by atoms with van der Waals surface area (Å²) in [5, 5.41) is 7.97. The maximum absolute atomic E-state index is 12.7. The largest absolute Gasteiger partial charge is 0.497 e. The highest BCUT2D eigenvalue weighted by molar-refractivity contribution is 6.01. The molecule has 0 radical (unpaired) electrons. The number of carbonyl (C=O) groups is 2. The van der Waals surface area contributed by atoms with E-state index < -0.39 is 5.92 Å². The summed E-state index contributed by atoms with van der Waals surface area (Å²) < 4.78 is 5.25. The molecule has 1 aliphatic heterocycles. The molecule has 0 saturated heterocycles. The third-order valence-electron chi connectivity index (χ3n) is 4.89. The van der Waals surface area contributed by atoms with Gasteiger partial charge < -0.3 is 15.4 Å². The Hall–Kier alpha value is -3.34. The summed E-state index contributed by atoms with van der Waals surface area (Å²) in [6.45, 7) is 0.418. The lowest BCUT2D eigenvalue weighted by Crippen LogP contribution is -2.34. The van der Waals surface area contributed by atoms with E-state index in [1.165, 1.54) is 0 Å². The van der Waals surface area contributed by atoms with E-state index in [2.05, 4.69) is 16.7 Å². The molecule has 0 fully saturated rings. The molecule has 4 rings (SSSR count). The third-order valence-corrected chi connectivity index (χ3v) is 4.89. The van der Waals surface area contributed by atoms with Gasteiger partial charge in [-0.3, -0.25) is 9.59 Å². The van der Waals surface area contributed by atoms with Crippen LogP contribution in [0, 0.1) is 0 Å². The number of hydrogen-bond acceptors (Lipinski definition) is 3. The molecule has 1 atom stereocenters. The SMILES string of the molecule is COc1ccc2cc(CNC(=O)C3CC(=O)Nc4ccccc43)ccc2c1. The van der Waals surface area contributed by atoms with Crippen LogP contribution in [0.5, 0.6) is 5.75 Å². The van der Waals surface area contributed by atoms with E-state index in [9.17, 15) is 9.59 Å². The Bertz CT molecular complexity index is 1030. The van der Waals surface area contributed by atoms with Gasteiger partial charge in [0.2, 0.25) is 11.8 Å². The summed E-state index contributed by atoms with van der Waals surface area (Å²) in [5.74, 6) is 0.0955. The average Bonchev–Trinajstić information content (AvgIpc) is 2.70.